The minimum atomic E-state index is -0.483. The maximum absolute atomic E-state index is 13.4. The van der Waals surface area contributed by atoms with Gasteiger partial charge in [0.15, 0.2) is 0 Å². The number of hydrogen-bond donors (Lipinski definition) is 2. The summed E-state index contributed by atoms with van der Waals surface area (Å²) < 4.78 is 13.4. The van der Waals surface area contributed by atoms with Gasteiger partial charge in [-0.2, -0.15) is 0 Å². The van der Waals surface area contributed by atoms with Crippen molar-refractivity contribution in [1.82, 2.24) is 10.9 Å². The average molecular weight is 300 g/mol. The summed E-state index contributed by atoms with van der Waals surface area (Å²) in [6, 6.07) is 11.4. The standard InChI is InChI=1S/C17H17FN2O2/c1-11-7-8-14(12(2)9-11)17(22)20-19-16(21)10-13-5-3-4-6-15(13)18/h3-9H,10H2,1-2H3,(H,19,21)(H,20,22). The summed E-state index contributed by atoms with van der Waals surface area (Å²) >= 11 is 0. The van der Waals surface area contributed by atoms with E-state index in [2.05, 4.69) is 10.9 Å². The maximum Gasteiger partial charge on any atom is 0.269 e. The highest BCUT2D eigenvalue weighted by atomic mass is 19.1. The van der Waals surface area contributed by atoms with Crippen LogP contribution in [0, 0.1) is 19.7 Å². The highest BCUT2D eigenvalue weighted by molar-refractivity contribution is 5.96. The molecule has 0 fully saturated rings. The minimum Gasteiger partial charge on any atom is -0.273 e. The van der Waals surface area contributed by atoms with E-state index in [1.54, 1.807) is 18.2 Å². The Morgan fingerprint density at radius 3 is 2.45 bits per heavy atom. The van der Waals surface area contributed by atoms with E-state index in [0.717, 1.165) is 11.1 Å². The Morgan fingerprint density at radius 2 is 1.77 bits per heavy atom. The number of halogens is 1. The van der Waals surface area contributed by atoms with E-state index in [1.165, 1.54) is 12.1 Å². The lowest BCUT2D eigenvalue weighted by Crippen LogP contribution is -2.42. The summed E-state index contributed by atoms with van der Waals surface area (Å²) in [7, 11) is 0. The summed E-state index contributed by atoms with van der Waals surface area (Å²) in [4.78, 5) is 23.7. The fourth-order valence-electron chi connectivity index (χ4n) is 2.12. The number of carbonyl (C=O) groups is 2. The van der Waals surface area contributed by atoms with E-state index in [0.29, 0.717) is 5.56 Å². The molecule has 0 saturated carbocycles. The van der Waals surface area contributed by atoms with Gasteiger partial charge in [0.05, 0.1) is 6.42 Å². The van der Waals surface area contributed by atoms with E-state index in [-0.39, 0.29) is 12.0 Å². The predicted octanol–water partition coefficient (Wildman–Crippen LogP) is 2.45. The summed E-state index contributed by atoms with van der Waals surface area (Å²) in [5.41, 5.74) is 7.27. The fraction of sp³-hybridized carbons (Fsp3) is 0.176. The molecule has 22 heavy (non-hydrogen) atoms. The van der Waals surface area contributed by atoms with Crippen LogP contribution in [0.25, 0.3) is 0 Å². The molecule has 2 N–H and O–H groups in total. The van der Waals surface area contributed by atoms with Gasteiger partial charge in [-0.15, -0.1) is 0 Å². The Hall–Kier alpha value is -2.69. The molecule has 2 aromatic carbocycles. The first-order valence-corrected chi connectivity index (χ1v) is 6.87. The molecule has 0 aliphatic rings. The SMILES string of the molecule is Cc1ccc(C(=O)NNC(=O)Cc2ccccc2F)c(C)c1. The third kappa shape index (κ3) is 3.91. The Kier molecular flexibility index (Phi) is 4.88. The lowest BCUT2D eigenvalue weighted by Gasteiger charge is -2.10. The second kappa shape index (κ2) is 6.85. The van der Waals surface area contributed by atoms with Gasteiger partial charge >= 0.3 is 0 Å². The molecule has 0 atom stereocenters. The van der Waals surface area contributed by atoms with Crippen LogP contribution in [0.5, 0.6) is 0 Å². The average Bonchev–Trinajstić information content (AvgIpc) is 2.47. The van der Waals surface area contributed by atoms with Gasteiger partial charge in [-0.25, -0.2) is 4.39 Å². The van der Waals surface area contributed by atoms with Gasteiger partial charge in [0.2, 0.25) is 5.91 Å². The number of rotatable bonds is 3. The molecule has 0 heterocycles. The first-order chi connectivity index (χ1) is 10.5. The minimum absolute atomic E-state index is 0.139. The molecule has 0 saturated heterocycles. The van der Waals surface area contributed by atoms with E-state index in [1.807, 2.05) is 26.0 Å². The van der Waals surface area contributed by atoms with Gasteiger partial charge in [-0.3, -0.25) is 20.4 Å². The number of aryl methyl sites for hydroxylation is 2. The van der Waals surface area contributed by atoms with Crippen LogP contribution < -0.4 is 10.9 Å². The molecule has 0 aromatic heterocycles. The number of amides is 2. The Morgan fingerprint density at radius 1 is 1.05 bits per heavy atom. The van der Waals surface area contributed by atoms with Crippen molar-refractivity contribution in [2.24, 2.45) is 0 Å². The third-order valence-corrected chi connectivity index (χ3v) is 3.25. The highest BCUT2D eigenvalue weighted by Gasteiger charge is 2.11. The van der Waals surface area contributed by atoms with Crippen LogP contribution >= 0.6 is 0 Å². The smallest absolute Gasteiger partial charge is 0.269 e. The third-order valence-electron chi connectivity index (χ3n) is 3.25. The quantitative estimate of drug-likeness (QED) is 0.855. The fourth-order valence-corrected chi connectivity index (χ4v) is 2.12. The van der Waals surface area contributed by atoms with Gasteiger partial charge in [-0.1, -0.05) is 35.9 Å². The van der Waals surface area contributed by atoms with Crippen molar-refractivity contribution in [3.8, 4) is 0 Å². The van der Waals surface area contributed by atoms with Crippen LogP contribution in [0.1, 0.15) is 27.0 Å². The number of hydrogen-bond acceptors (Lipinski definition) is 2. The monoisotopic (exact) mass is 300 g/mol. The molecule has 2 aromatic rings. The van der Waals surface area contributed by atoms with Crippen molar-refractivity contribution in [2.75, 3.05) is 0 Å². The van der Waals surface area contributed by atoms with Gasteiger partial charge in [0.25, 0.3) is 5.91 Å². The molecule has 5 heteroatoms. The van der Waals surface area contributed by atoms with Crippen LogP contribution in [0.4, 0.5) is 4.39 Å². The Labute approximate surface area is 128 Å². The molecule has 4 nitrogen and oxygen atoms in total. The molecule has 0 bridgehead atoms. The van der Waals surface area contributed by atoms with E-state index < -0.39 is 17.6 Å². The second-order valence-corrected chi connectivity index (χ2v) is 5.09. The van der Waals surface area contributed by atoms with Crippen molar-refractivity contribution >= 4 is 11.8 Å². The normalized spacial score (nSPS) is 10.1. The zero-order valence-electron chi connectivity index (χ0n) is 12.4. The van der Waals surface area contributed by atoms with Crippen molar-refractivity contribution in [3.63, 3.8) is 0 Å². The molecule has 2 amide bonds. The number of carbonyl (C=O) groups excluding carboxylic acids is 2. The zero-order chi connectivity index (χ0) is 16.1. The van der Waals surface area contributed by atoms with Gasteiger partial charge in [-0.05, 0) is 37.1 Å². The van der Waals surface area contributed by atoms with Crippen LogP contribution in [-0.2, 0) is 11.2 Å². The maximum atomic E-state index is 13.4. The van der Waals surface area contributed by atoms with Crippen LogP contribution in [0.15, 0.2) is 42.5 Å². The Balaban J connectivity index is 1.93. The molecule has 114 valence electrons. The van der Waals surface area contributed by atoms with Crippen LogP contribution in [0.2, 0.25) is 0 Å². The highest BCUT2D eigenvalue weighted by Crippen LogP contribution is 2.10. The lowest BCUT2D eigenvalue weighted by molar-refractivity contribution is -0.121. The number of nitrogens with one attached hydrogen (secondary N) is 2. The van der Waals surface area contributed by atoms with E-state index >= 15 is 0 Å². The molecular formula is C17H17FN2O2. The Bertz CT molecular complexity index is 714. The van der Waals surface area contributed by atoms with Gasteiger partial charge in [0.1, 0.15) is 5.82 Å². The topological polar surface area (TPSA) is 58.2 Å². The summed E-state index contributed by atoms with van der Waals surface area (Å²) in [6.07, 6.45) is -0.139. The van der Waals surface area contributed by atoms with Crippen molar-refractivity contribution in [3.05, 3.63) is 70.5 Å². The number of benzene rings is 2. The summed E-state index contributed by atoms with van der Waals surface area (Å²) in [5, 5.41) is 0. The van der Waals surface area contributed by atoms with E-state index in [9.17, 15) is 14.0 Å². The van der Waals surface area contributed by atoms with Crippen LogP contribution in [0.3, 0.4) is 0 Å². The molecule has 0 aliphatic heterocycles. The molecule has 0 spiro atoms. The van der Waals surface area contributed by atoms with Crippen molar-refractivity contribution in [1.29, 1.82) is 0 Å². The zero-order valence-corrected chi connectivity index (χ0v) is 12.4. The second-order valence-electron chi connectivity index (χ2n) is 5.09. The van der Waals surface area contributed by atoms with Crippen molar-refractivity contribution < 1.29 is 14.0 Å². The predicted molar refractivity (Wildman–Crippen MR) is 81.6 cm³/mol. The summed E-state index contributed by atoms with van der Waals surface area (Å²) in [6.45, 7) is 3.76. The van der Waals surface area contributed by atoms with Crippen LogP contribution in [-0.4, -0.2) is 11.8 Å². The first-order valence-electron chi connectivity index (χ1n) is 6.87. The van der Waals surface area contributed by atoms with Gasteiger partial charge in [0, 0.05) is 5.56 Å². The molecule has 0 aliphatic carbocycles. The largest absolute Gasteiger partial charge is 0.273 e. The first kappa shape index (κ1) is 15.7. The van der Waals surface area contributed by atoms with Gasteiger partial charge < -0.3 is 0 Å². The van der Waals surface area contributed by atoms with E-state index in [4.69, 9.17) is 0 Å². The van der Waals surface area contributed by atoms with Crippen molar-refractivity contribution in [2.45, 2.75) is 20.3 Å². The molecule has 2 rings (SSSR count). The molecule has 0 radical (unpaired) electrons. The lowest BCUT2D eigenvalue weighted by atomic mass is 10.1. The molecule has 0 unspecified atom stereocenters. The molecular weight excluding hydrogens is 283 g/mol. The number of hydrazine groups is 1. The summed E-state index contributed by atoms with van der Waals surface area (Å²) in [5.74, 6) is -1.33.